The molecule has 0 spiro atoms. The molecule has 1 rings (SSSR count). The molecule has 0 aromatic rings. The summed E-state index contributed by atoms with van der Waals surface area (Å²) >= 11 is 3.38. The van der Waals surface area contributed by atoms with Crippen LogP contribution in [0.4, 0.5) is 0 Å². The number of halogens is 1. The smallest absolute Gasteiger partial charge is 0.429 e. The molecular formula is C7H10BBrN2O. The molecule has 64 valence electrons. The second-order valence-electron chi connectivity index (χ2n) is 2.56. The predicted molar refractivity (Wildman–Crippen MR) is 55.4 cm³/mol. The van der Waals surface area contributed by atoms with Gasteiger partial charge in [-0.1, -0.05) is 28.6 Å². The van der Waals surface area contributed by atoms with Crippen LogP contribution < -0.4 is 5.32 Å². The van der Waals surface area contributed by atoms with E-state index in [9.17, 15) is 0 Å². The summed E-state index contributed by atoms with van der Waals surface area (Å²) in [6, 6.07) is 0. The fourth-order valence-electron chi connectivity index (χ4n) is 0.843. The Morgan fingerprint density at radius 2 is 2.50 bits per heavy atom. The molecule has 1 aliphatic heterocycles. The van der Waals surface area contributed by atoms with Gasteiger partial charge in [0.1, 0.15) is 5.84 Å². The van der Waals surface area contributed by atoms with Gasteiger partial charge in [-0.3, -0.25) is 4.90 Å². The molecule has 1 aliphatic rings. The van der Waals surface area contributed by atoms with Crippen molar-refractivity contribution in [2.75, 3.05) is 0 Å². The van der Waals surface area contributed by atoms with Crippen LogP contribution in [0, 0.1) is 0 Å². The molecule has 12 heavy (non-hydrogen) atoms. The van der Waals surface area contributed by atoms with E-state index in [1.165, 1.54) is 0 Å². The van der Waals surface area contributed by atoms with Crippen molar-refractivity contribution < 1.29 is 5.02 Å². The molecule has 2 N–H and O–H groups in total. The summed E-state index contributed by atoms with van der Waals surface area (Å²) in [4.78, 5) is 4.06. The van der Waals surface area contributed by atoms with Gasteiger partial charge in [0.2, 0.25) is 0 Å². The molecule has 1 unspecified atom stereocenters. The molecule has 3 nitrogen and oxygen atoms in total. The molecule has 0 saturated carbocycles. The third-order valence-electron chi connectivity index (χ3n) is 1.37. The average Bonchev–Trinajstić information content (AvgIpc) is 1.96. The Kier molecular flexibility index (Phi) is 3.11. The molecule has 0 aromatic carbocycles. The van der Waals surface area contributed by atoms with Crippen LogP contribution >= 0.6 is 15.9 Å². The minimum Gasteiger partial charge on any atom is -0.431 e. The number of allylic oxidation sites excluding steroid dienone is 1. The zero-order chi connectivity index (χ0) is 9.14. The second kappa shape index (κ2) is 3.91. The Morgan fingerprint density at radius 1 is 1.83 bits per heavy atom. The molecule has 0 fully saturated rings. The lowest BCUT2D eigenvalue weighted by Gasteiger charge is -2.17. The monoisotopic (exact) mass is 228 g/mol. The van der Waals surface area contributed by atoms with E-state index in [1.54, 1.807) is 12.9 Å². The number of alkyl halides is 1. The van der Waals surface area contributed by atoms with Crippen molar-refractivity contribution in [3.05, 3.63) is 24.4 Å². The van der Waals surface area contributed by atoms with Crippen molar-refractivity contribution in [3.8, 4) is 0 Å². The Labute approximate surface area is 80.5 Å². The van der Waals surface area contributed by atoms with Gasteiger partial charge < -0.3 is 10.3 Å². The van der Waals surface area contributed by atoms with E-state index in [1.807, 2.05) is 6.08 Å². The van der Waals surface area contributed by atoms with E-state index >= 15 is 0 Å². The van der Waals surface area contributed by atoms with Crippen LogP contribution in [0.1, 0.15) is 0 Å². The van der Waals surface area contributed by atoms with Crippen molar-refractivity contribution >= 4 is 28.8 Å². The Hall–Kier alpha value is -0.545. The summed E-state index contributed by atoms with van der Waals surface area (Å²) in [5, 5.41) is 11.9. The van der Waals surface area contributed by atoms with Gasteiger partial charge in [-0.05, 0) is 12.9 Å². The van der Waals surface area contributed by atoms with Gasteiger partial charge in [0.25, 0.3) is 0 Å². The van der Waals surface area contributed by atoms with Crippen molar-refractivity contribution in [1.29, 1.82) is 0 Å². The highest BCUT2D eigenvalue weighted by Crippen LogP contribution is 2.13. The SMILES string of the molecule is C=C1NC(=NB(C)O)C=CC1Br. The van der Waals surface area contributed by atoms with Crippen LogP contribution in [-0.2, 0) is 0 Å². The maximum atomic E-state index is 8.95. The lowest BCUT2D eigenvalue weighted by molar-refractivity contribution is 0.581. The van der Waals surface area contributed by atoms with Gasteiger partial charge in [0, 0.05) is 5.70 Å². The van der Waals surface area contributed by atoms with Gasteiger partial charge in [-0.15, -0.1) is 0 Å². The van der Waals surface area contributed by atoms with E-state index in [0.29, 0.717) is 5.84 Å². The maximum absolute atomic E-state index is 8.95. The molecule has 0 radical (unpaired) electrons. The van der Waals surface area contributed by atoms with Crippen LogP contribution in [0.15, 0.2) is 29.3 Å². The van der Waals surface area contributed by atoms with E-state index in [2.05, 4.69) is 32.7 Å². The van der Waals surface area contributed by atoms with Gasteiger partial charge in [-0.2, -0.15) is 0 Å². The standard InChI is InChI=1S/C7H10BBrN2O/c1-5-6(9)3-4-7(10-5)11-8(2)12/h3-4,6,12H,1H2,2H3,(H,10,11). The van der Waals surface area contributed by atoms with Crippen LogP contribution in [0.25, 0.3) is 0 Å². The number of rotatable bonds is 1. The number of hydrogen-bond donors (Lipinski definition) is 2. The van der Waals surface area contributed by atoms with Crippen molar-refractivity contribution in [1.82, 2.24) is 5.32 Å². The van der Waals surface area contributed by atoms with E-state index in [0.717, 1.165) is 5.70 Å². The lowest BCUT2D eigenvalue weighted by atomic mass is 9.90. The molecule has 0 amide bonds. The predicted octanol–water partition coefficient (Wildman–Crippen LogP) is 0.932. The van der Waals surface area contributed by atoms with Crippen LogP contribution in [0.2, 0.25) is 6.82 Å². The molecule has 0 bridgehead atoms. The highest BCUT2D eigenvalue weighted by Gasteiger charge is 2.12. The first-order valence-electron chi connectivity index (χ1n) is 3.63. The van der Waals surface area contributed by atoms with Crippen LogP contribution in [-0.4, -0.2) is 22.7 Å². The van der Waals surface area contributed by atoms with Crippen LogP contribution in [0.3, 0.4) is 0 Å². The number of hydrogen-bond acceptors (Lipinski definition) is 2. The number of nitrogens with one attached hydrogen (secondary N) is 1. The van der Waals surface area contributed by atoms with Crippen molar-refractivity contribution in [3.63, 3.8) is 0 Å². The van der Waals surface area contributed by atoms with Gasteiger partial charge in [-0.25, -0.2) is 0 Å². The molecule has 5 heteroatoms. The van der Waals surface area contributed by atoms with E-state index in [4.69, 9.17) is 5.02 Å². The van der Waals surface area contributed by atoms with Crippen LogP contribution in [0.5, 0.6) is 0 Å². The Morgan fingerprint density at radius 3 is 3.00 bits per heavy atom. The van der Waals surface area contributed by atoms with Gasteiger partial charge in [0.05, 0.1) is 4.83 Å². The molecule has 1 atom stereocenters. The average molecular weight is 229 g/mol. The quantitative estimate of drug-likeness (QED) is 0.518. The molecule has 1 heterocycles. The highest BCUT2D eigenvalue weighted by atomic mass is 79.9. The van der Waals surface area contributed by atoms with Gasteiger partial charge >= 0.3 is 7.05 Å². The lowest BCUT2D eigenvalue weighted by Crippen LogP contribution is -2.30. The Bertz CT molecular complexity index is 250. The zero-order valence-electron chi connectivity index (χ0n) is 6.79. The summed E-state index contributed by atoms with van der Waals surface area (Å²) < 4.78 is 0. The van der Waals surface area contributed by atoms with E-state index in [-0.39, 0.29) is 4.83 Å². The van der Waals surface area contributed by atoms with Crippen molar-refractivity contribution in [2.24, 2.45) is 4.90 Å². The topological polar surface area (TPSA) is 44.6 Å². The first kappa shape index (κ1) is 9.54. The minimum absolute atomic E-state index is 0.144. The van der Waals surface area contributed by atoms with Gasteiger partial charge in [0.15, 0.2) is 0 Å². The molecule has 0 saturated heterocycles. The first-order chi connectivity index (χ1) is 5.59. The molecule has 0 aromatic heterocycles. The third kappa shape index (κ3) is 2.50. The first-order valence-corrected chi connectivity index (χ1v) is 4.55. The zero-order valence-corrected chi connectivity index (χ0v) is 8.37. The minimum atomic E-state index is -0.683. The van der Waals surface area contributed by atoms with Crippen molar-refractivity contribution in [2.45, 2.75) is 11.7 Å². The second-order valence-corrected chi connectivity index (χ2v) is 3.54. The normalized spacial score (nSPS) is 25.8. The largest absolute Gasteiger partial charge is 0.431 e. The number of nitrogens with zero attached hydrogens (tertiary/aromatic N) is 1. The number of amidine groups is 1. The fraction of sp³-hybridized carbons (Fsp3) is 0.286. The highest BCUT2D eigenvalue weighted by molar-refractivity contribution is 9.09. The summed E-state index contributed by atoms with van der Waals surface area (Å²) in [5.41, 5.74) is 0.830. The fourth-order valence-corrected chi connectivity index (χ4v) is 1.11. The summed E-state index contributed by atoms with van der Waals surface area (Å²) in [6.07, 6.45) is 3.72. The molecular weight excluding hydrogens is 219 g/mol. The molecule has 0 aliphatic carbocycles. The maximum Gasteiger partial charge on any atom is 0.429 e. The Balaban J connectivity index is 2.73. The van der Waals surface area contributed by atoms with E-state index < -0.39 is 7.05 Å². The summed E-state index contributed by atoms with van der Waals surface area (Å²) in [6.45, 7) is 5.38. The third-order valence-corrected chi connectivity index (χ3v) is 2.23. The summed E-state index contributed by atoms with van der Waals surface area (Å²) in [7, 11) is -0.683. The summed E-state index contributed by atoms with van der Waals surface area (Å²) in [5.74, 6) is 0.644.